The lowest BCUT2D eigenvalue weighted by Crippen LogP contribution is -2.05. The van der Waals surface area contributed by atoms with Crippen molar-refractivity contribution in [3.8, 4) is 5.75 Å². The highest BCUT2D eigenvalue weighted by atomic mass is 35.5. The fourth-order valence-corrected chi connectivity index (χ4v) is 1.20. The van der Waals surface area contributed by atoms with Crippen LogP contribution in [0.25, 0.3) is 0 Å². The number of aliphatic hydroxyl groups excluding tert-OH is 1. The molecule has 0 heterocycles. The molecule has 0 spiro atoms. The number of carbonyl (C=O) groups is 1. The maximum Gasteiger partial charge on any atom is 0.306 e. The zero-order chi connectivity index (χ0) is 10.7. The van der Waals surface area contributed by atoms with E-state index >= 15 is 0 Å². The SMILES string of the molecule is O=C(O)CC(O)c1ccc(O)c(Cl)c1. The predicted molar refractivity (Wildman–Crippen MR) is 50.3 cm³/mol. The number of aliphatic hydroxyl groups is 1. The van der Waals surface area contributed by atoms with Gasteiger partial charge in [-0.2, -0.15) is 0 Å². The lowest BCUT2D eigenvalue weighted by Gasteiger charge is -2.08. The highest BCUT2D eigenvalue weighted by molar-refractivity contribution is 6.32. The van der Waals surface area contributed by atoms with Crippen molar-refractivity contribution in [2.45, 2.75) is 12.5 Å². The summed E-state index contributed by atoms with van der Waals surface area (Å²) in [6, 6.07) is 4.07. The number of aliphatic carboxylic acids is 1. The highest BCUT2D eigenvalue weighted by Crippen LogP contribution is 2.27. The first-order valence-corrected chi connectivity index (χ1v) is 4.26. The first-order valence-electron chi connectivity index (χ1n) is 3.89. The van der Waals surface area contributed by atoms with Gasteiger partial charge in [-0.3, -0.25) is 4.79 Å². The Kier molecular flexibility index (Phi) is 3.33. The normalized spacial score (nSPS) is 12.4. The van der Waals surface area contributed by atoms with Crippen molar-refractivity contribution in [3.05, 3.63) is 28.8 Å². The van der Waals surface area contributed by atoms with Gasteiger partial charge in [0.1, 0.15) is 5.75 Å². The van der Waals surface area contributed by atoms with E-state index in [1.807, 2.05) is 0 Å². The summed E-state index contributed by atoms with van der Waals surface area (Å²) in [6.07, 6.45) is -1.49. The molecular weight excluding hydrogens is 208 g/mol. The van der Waals surface area contributed by atoms with Crippen LogP contribution in [0.3, 0.4) is 0 Å². The standard InChI is InChI=1S/C9H9ClO4/c10-6-3-5(1-2-7(6)11)8(12)4-9(13)14/h1-3,8,11-12H,4H2,(H,13,14). The first kappa shape index (κ1) is 10.8. The van der Waals surface area contributed by atoms with Gasteiger partial charge in [0.05, 0.1) is 17.5 Å². The molecule has 0 radical (unpaired) electrons. The monoisotopic (exact) mass is 216 g/mol. The average Bonchev–Trinajstić information content (AvgIpc) is 2.08. The summed E-state index contributed by atoms with van der Waals surface area (Å²) in [7, 11) is 0. The van der Waals surface area contributed by atoms with Gasteiger partial charge < -0.3 is 15.3 Å². The number of carboxylic acids is 1. The fourth-order valence-electron chi connectivity index (χ4n) is 1.01. The van der Waals surface area contributed by atoms with Gasteiger partial charge in [-0.25, -0.2) is 0 Å². The van der Waals surface area contributed by atoms with Gasteiger partial charge in [0.25, 0.3) is 0 Å². The van der Waals surface area contributed by atoms with Crippen molar-refractivity contribution < 1.29 is 20.1 Å². The molecule has 0 aromatic heterocycles. The highest BCUT2D eigenvalue weighted by Gasteiger charge is 2.13. The lowest BCUT2D eigenvalue weighted by atomic mass is 10.1. The third-order valence-corrected chi connectivity index (χ3v) is 2.03. The van der Waals surface area contributed by atoms with Crippen molar-refractivity contribution in [3.63, 3.8) is 0 Å². The molecule has 76 valence electrons. The predicted octanol–water partition coefficient (Wildman–Crippen LogP) is 1.55. The topological polar surface area (TPSA) is 77.8 Å². The third kappa shape index (κ3) is 2.61. The van der Waals surface area contributed by atoms with E-state index in [2.05, 4.69) is 0 Å². The number of rotatable bonds is 3. The van der Waals surface area contributed by atoms with Gasteiger partial charge in [0.15, 0.2) is 0 Å². The van der Waals surface area contributed by atoms with Crippen molar-refractivity contribution in [2.24, 2.45) is 0 Å². The Morgan fingerprint density at radius 1 is 1.50 bits per heavy atom. The van der Waals surface area contributed by atoms with Crippen LogP contribution in [-0.2, 0) is 4.79 Å². The zero-order valence-corrected chi connectivity index (χ0v) is 7.90. The van der Waals surface area contributed by atoms with E-state index in [0.29, 0.717) is 5.56 Å². The van der Waals surface area contributed by atoms with E-state index in [-0.39, 0.29) is 17.2 Å². The Morgan fingerprint density at radius 3 is 2.64 bits per heavy atom. The van der Waals surface area contributed by atoms with Crippen molar-refractivity contribution in [2.75, 3.05) is 0 Å². The van der Waals surface area contributed by atoms with E-state index in [4.69, 9.17) is 21.8 Å². The van der Waals surface area contributed by atoms with Crippen LogP contribution < -0.4 is 0 Å². The molecule has 1 aromatic rings. The molecule has 5 heteroatoms. The molecule has 0 amide bonds. The maximum atomic E-state index is 10.3. The third-order valence-electron chi connectivity index (χ3n) is 1.72. The summed E-state index contributed by atoms with van der Waals surface area (Å²) in [5.41, 5.74) is 0.371. The molecule has 3 N–H and O–H groups in total. The van der Waals surface area contributed by atoms with Crippen LogP contribution in [0.5, 0.6) is 5.75 Å². The molecule has 0 aliphatic rings. The molecule has 1 aromatic carbocycles. The summed E-state index contributed by atoms with van der Waals surface area (Å²) < 4.78 is 0. The molecule has 0 saturated heterocycles. The molecule has 1 unspecified atom stereocenters. The van der Waals surface area contributed by atoms with E-state index < -0.39 is 12.1 Å². The number of phenols is 1. The minimum atomic E-state index is -1.11. The first-order chi connectivity index (χ1) is 6.50. The van der Waals surface area contributed by atoms with Crippen LogP contribution >= 0.6 is 11.6 Å². The molecule has 0 fully saturated rings. The molecule has 1 rings (SSSR count). The number of carboxylic acid groups (broad SMARTS) is 1. The Hall–Kier alpha value is -1.26. The maximum absolute atomic E-state index is 10.3. The Morgan fingerprint density at radius 2 is 2.14 bits per heavy atom. The Bertz CT molecular complexity index is 351. The Balaban J connectivity index is 2.85. The number of phenolic OH excluding ortho intramolecular Hbond substituents is 1. The van der Waals surface area contributed by atoms with Crippen molar-refractivity contribution in [1.82, 2.24) is 0 Å². The summed E-state index contributed by atoms with van der Waals surface area (Å²) >= 11 is 5.59. The van der Waals surface area contributed by atoms with Gasteiger partial charge in [0.2, 0.25) is 0 Å². The fraction of sp³-hybridized carbons (Fsp3) is 0.222. The number of hydrogen-bond acceptors (Lipinski definition) is 3. The average molecular weight is 217 g/mol. The van der Waals surface area contributed by atoms with E-state index in [9.17, 15) is 9.90 Å². The minimum Gasteiger partial charge on any atom is -0.506 e. The second-order valence-electron chi connectivity index (χ2n) is 2.82. The molecule has 14 heavy (non-hydrogen) atoms. The van der Waals surface area contributed by atoms with Crippen LogP contribution in [0.1, 0.15) is 18.1 Å². The summed E-state index contributed by atoms with van der Waals surface area (Å²) in [4.78, 5) is 10.3. The van der Waals surface area contributed by atoms with Gasteiger partial charge in [-0.15, -0.1) is 0 Å². The van der Waals surface area contributed by atoms with Gasteiger partial charge in [0, 0.05) is 0 Å². The van der Waals surface area contributed by atoms with Crippen molar-refractivity contribution in [1.29, 1.82) is 0 Å². The number of aromatic hydroxyl groups is 1. The largest absolute Gasteiger partial charge is 0.506 e. The molecule has 0 saturated carbocycles. The second kappa shape index (κ2) is 4.30. The van der Waals surface area contributed by atoms with E-state index in [0.717, 1.165) is 0 Å². The van der Waals surface area contributed by atoms with Gasteiger partial charge >= 0.3 is 5.97 Å². The molecule has 0 aliphatic heterocycles. The van der Waals surface area contributed by atoms with E-state index in [1.165, 1.54) is 18.2 Å². The Labute approximate surface area is 85.4 Å². The van der Waals surface area contributed by atoms with Crippen LogP contribution in [-0.4, -0.2) is 21.3 Å². The molecule has 0 bridgehead atoms. The van der Waals surface area contributed by atoms with Gasteiger partial charge in [-0.05, 0) is 17.7 Å². The van der Waals surface area contributed by atoms with Gasteiger partial charge in [-0.1, -0.05) is 17.7 Å². The van der Waals surface area contributed by atoms with Crippen molar-refractivity contribution >= 4 is 17.6 Å². The summed E-state index contributed by atoms with van der Waals surface area (Å²) in [5.74, 6) is -1.19. The van der Waals surface area contributed by atoms with E-state index in [1.54, 1.807) is 0 Å². The number of hydrogen-bond donors (Lipinski definition) is 3. The van der Waals surface area contributed by atoms with Crippen LogP contribution in [0.15, 0.2) is 18.2 Å². The van der Waals surface area contributed by atoms with Crippen LogP contribution in [0.4, 0.5) is 0 Å². The number of halogens is 1. The zero-order valence-electron chi connectivity index (χ0n) is 7.14. The molecule has 4 nitrogen and oxygen atoms in total. The summed E-state index contributed by atoms with van der Waals surface area (Å²) in [5, 5.41) is 27.0. The van der Waals surface area contributed by atoms with Crippen LogP contribution in [0, 0.1) is 0 Å². The van der Waals surface area contributed by atoms with Crippen LogP contribution in [0.2, 0.25) is 5.02 Å². The minimum absolute atomic E-state index is 0.0898. The second-order valence-corrected chi connectivity index (χ2v) is 3.23. The smallest absolute Gasteiger partial charge is 0.306 e. The quantitative estimate of drug-likeness (QED) is 0.717. The lowest BCUT2D eigenvalue weighted by molar-refractivity contribution is -0.139. The summed E-state index contributed by atoms with van der Waals surface area (Å²) in [6.45, 7) is 0. The molecular formula is C9H9ClO4. The number of benzene rings is 1. The molecule has 1 atom stereocenters. The molecule has 0 aliphatic carbocycles.